The summed E-state index contributed by atoms with van der Waals surface area (Å²) in [7, 11) is 0. The van der Waals surface area contributed by atoms with Gasteiger partial charge in [0.1, 0.15) is 56.5 Å². The number of hydrogen-bond acceptors (Lipinski definition) is 16. The molecular formula is C41H36O16. The van der Waals surface area contributed by atoms with Gasteiger partial charge in [-0.25, -0.2) is 0 Å². The Bertz CT molecular complexity index is 2460. The first kappa shape index (κ1) is 39.3. The third kappa shape index (κ3) is 8.64. The predicted molar refractivity (Wildman–Crippen MR) is 202 cm³/mol. The number of ether oxygens (including phenoxy) is 2. The number of carbonyl (C=O) groups is 2. The van der Waals surface area contributed by atoms with Crippen LogP contribution in [0.5, 0.6) is 57.5 Å². The van der Waals surface area contributed by atoms with Crippen LogP contribution in [0.3, 0.4) is 0 Å². The molecule has 2 heterocycles. The SMILES string of the molecule is O=C(CCCOc1c(-c2ccc(O)c(O)c2)oc2cc(O)cc(O)c2c1=O)CCCC(=O)CCCOc1c(-c2ccc(O)c(O)c2)oc2cc(O)cc(O)c2c1=O. The summed E-state index contributed by atoms with van der Waals surface area (Å²) in [5, 5.41) is 79.4. The molecule has 6 aromatic rings. The molecule has 0 saturated carbocycles. The van der Waals surface area contributed by atoms with E-state index in [1.165, 1.54) is 24.3 Å². The summed E-state index contributed by atoms with van der Waals surface area (Å²) in [6.07, 6.45) is 0.919. The van der Waals surface area contributed by atoms with Crippen LogP contribution >= 0.6 is 0 Å². The van der Waals surface area contributed by atoms with Crippen molar-refractivity contribution in [2.75, 3.05) is 13.2 Å². The second-order valence-corrected chi connectivity index (χ2v) is 13.1. The number of rotatable bonds is 16. The van der Waals surface area contributed by atoms with E-state index in [2.05, 4.69) is 0 Å². The fourth-order valence-electron chi connectivity index (χ4n) is 6.13. The molecule has 0 radical (unpaired) electrons. The number of benzene rings is 4. The lowest BCUT2D eigenvalue weighted by molar-refractivity contribution is -0.120. The van der Waals surface area contributed by atoms with E-state index >= 15 is 0 Å². The number of phenols is 8. The highest BCUT2D eigenvalue weighted by Gasteiger charge is 2.23. The monoisotopic (exact) mass is 784 g/mol. The van der Waals surface area contributed by atoms with Gasteiger partial charge in [0.05, 0.1) is 13.2 Å². The summed E-state index contributed by atoms with van der Waals surface area (Å²) in [6.45, 7) is -0.242. The summed E-state index contributed by atoms with van der Waals surface area (Å²) >= 11 is 0. The molecule has 0 saturated heterocycles. The summed E-state index contributed by atoms with van der Waals surface area (Å²) in [5.41, 5.74) is -1.57. The lowest BCUT2D eigenvalue weighted by atomic mass is 10.1. The summed E-state index contributed by atoms with van der Waals surface area (Å²) in [5.74, 6) is -4.96. The van der Waals surface area contributed by atoms with Gasteiger partial charge in [0.2, 0.25) is 22.4 Å². The van der Waals surface area contributed by atoms with Crippen LogP contribution in [0.4, 0.5) is 0 Å². The molecule has 0 aliphatic carbocycles. The Morgan fingerprint density at radius 2 is 0.860 bits per heavy atom. The number of carbonyl (C=O) groups excluding carboxylic acids is 2. The van der Waals surface area contributed by atoms with E-state index < -0.39 is 45.4 Å². The number of hydrogen-bond donors (Lipinski definition) is 8. The van der Waals surface area contributed by atoms with Gasteiger partial charge in [0, 0.05) is 61.1 Å². The van der Waals surface area contributed by atoms with Crippen LogP contribution < -0.4 is 20.3 Å². The molecule has 0 amide bonds. The maximum Gasteiger partial charge on any atom is 0.239 e. The fourth-order valence-corrected chi connectivity index (χ4v) is 6.13. The summed E-state index contributed by atoms with van der Waals surface area (Å²) in [6, 6.07) is 11.5. The molecule has 57 heavy (non-hydrogen) atoms. The Labute approximate surface area is 321 Å². The molecule has 16 heteroatoms. The predicted octanol–water partition coefficient (Wildman–Crippen LogP) is 6.20. The number of aromatic hydroxyl groups is 8. The van der Waals surface area contributed by atoms with Crippen molar-refractivity contribution >= 4 is 33.5 Å². The van der Waals surface area contributed by atoms with Gasteiger partial charge in [-0.1, -0.05) is 0 Å². The number of ketones is 2. The fraction of sp³-hybridized carbons (Fsp3) is 0.220. The molecule has 0 atom stereocenters. The van der Waals surface area contributed by atoms with Crippen LogP contribution in [0, 0.1) is 0 Å². The number of phenolic OH excluding ortho intramolecular Hbond substituents is 8. The molecular weight excluding hydrogens is 748 g/mol. The van der Waals surface area contributed by atoms with Crippen molar-refractivity contribution in [3.05, 3.63) is 81.1 Å². The van der Waals surface area contributed by atoms with Crippen LogP contribution in [-0.4, -0.2) is 65.6 Å². The van der Waals surface area contributed by atoms with Crippen molar-refractivity contribution in [3.8, 4) is 80.1 Å². The van der Waals surface area contributed by atoms with E-state index in [1.54, 1.807) is 0 Å². The molecule has 6 rings (SSSR count). The van der Waals surface area contributed by atoms with E-state index in [-0.39, 0.29) is 137 Å². The van der Waals surface area contributed by atoms with Crippen molar-refractivity contribution in [2.45, 2.75) is 44.9 Å². The van der Waals surface area contributed by atoms with Gasteiger partial charge in [0.25, 0.3) is 0 Å². The van der Waals surface area contributed by atoms with Gasteiger partial charge < -0.3 is 59.2 Å². The highest BCUT2D eigenvalue weighted by Crippen LogP contribution is 2.40. The molecule has 0 aliphatic rings. The maximum absolute atomic E-state index is 13.4. The van der Waals surface area contributed by atoms with E-state index in [4.69, 9.17) is 18.3 Å². The van der Waals surface area contributed by atoms with Crippen LogP contribution in [0.1, 0.15) is 44.9 Å². The van der Waals surface area contributed by atoms with Gasteiger partial charge in [-0.15, -0.1) is 0 Å². The zero-order valence-electron chi connectivity index (χ0n) is 30.0. The molecule has 296 valence electrons. The van der Waals surface area contributed by atoms with Crippen LogP contribution in [-0.2, 0) is 9.59 Å². The van der Waals surface area contributed by atoms with Gasteiger partial charge in [-0.2, -0.15) is 0 Å². The van der Waals surface area contributed by atoms with Crippen LogP contribution in [0.25, 0.3) is 44.6 Å². The van der Waals surface area contributed by atoms with Gasteiger partial charge in [-0.3, -0.25) is 19.2 Å². The molecule has 4 aromatic carbocycles. The highest BCUT2D eigenvalue weighted by molar-refractivity contribution is 5.89. The van der Waals surface area contributed by atoms with Crippen LogP contribution in [0.2, 0.25) is 0 Å². The largest absolute Gasteiger partial charge is 0.508 e. The maximum atomic E-state index is 13.4. The molecule has 0 spiro atoms. The molecule has 0 unspecified atom stereocenters. The Kier molecular flexibility index (Phi) is 11.4. The standard InChI is InChI=1S/C41H36O16/c42-22(6-2-12-54-40-36(52)34-30(50)16-24(44)18-32(34)56-38(40)20-8-10-26(46)28(48)14-20)4-1-5-23(43)7-3-13-55-41-37(53)35-31(51)17-25(45)19-33(35)57-39(41)21-9-11-27(47)29(49)15-21/h8-11,14-19,44-51H,1-7,12-13H2. The summed E-state index contributed by atoms with van der Waals surface area (Å²) < 4.78 is 23.1. The summed E-state index contributed by atoms with van der Waals surface area (Å²) in [4.78, 5) is 52.0. The molecule has 0 fully saturated rings. The number of Topliss-reactive ketones (excluding diaryl/α,β-unsaturated/α-hetero) is 2. The van der Waals surface area contributed by atoms with E-state index in [1.807, 2.05) is 0 Å². The second-order valence-electron chi connectivity index (χ2n) is 13.1. The molecule has 8 N–H and O–H groups in total. The minimum Gasteiger partial charge on any atom is -0.508 e. The van der Waals surface area contributed by atoms with Crippen molar-refractivity contribution in [1.82, 2.24) is 0 Å². The average Bonchev–Trinajstić information content (AvgIpc) is 3.14. The highest BCUT2D eigenvalue weighted by atomic mass is 16.5. The zero-order chi connectivity index (χ0) is 41.0. The zero-order valence-corrected chi connectivity index (χ0v) is 30.0. The quantitative estimate of drug-likeness (QED) is 0.0400. The van der Waals surface area contributed by atoms with Crippen molar-refractivity contribution in [1.29, 1.82) is 0 Å². The van der Waals surface area contributed by atoms with E-state index in [0.29, 0.717) is 0 Å². The van der Waals surface area contributed by atoms with Crippen molar-refractivity contribution < 1.29 is 68.7 Å². The first-order valence-electron chi connectivity index (χ1n) is 17.6. The van der Waals surface area contributed by atoms with E-state index in [9.17, 15) is 60.0 Å². The first-order chi connectivity index (χ1) is 27.2. The normalized spacial score (nSPS) is 11.2. The van der Waals surface area contributed by atoms with Crippen LogP contribution in [0.15, 0.2) is 79.1 Å². The lowest BCUT2D eigenvalue weighted by Crippen LogP contribution is -2.13. The molecule has 2 aromatic heterocycles. The van der Waals surface area contributed by atoms with Crippen molar-refractivity contribution in [3.63, 3.8) is 0 Å². The van der Waals surface area contributed by atoms with Gasteiger partial charge in [0.15, 0.2) is 34.5 Å². The minimum atomic E-state index is -0.772. The molecule has 0 bridgehead atoms. The van der Waals surface area contributed by atoms with Crippen molar-refractivity contribution in [2.24, 2.45) is 0 Å². The molecule has 16 nitrogen and oxygen atoms in total. The van der Waals surface area contributed by atoms with Gasteiger partial charge in [-0.05, 0) is 55.7 Å². The Morgan fingerprint density at radius 1 is 0.474 bits per heavy atom. The Balaban J connectivity index is 1.01. The second kappa shape index (κ2) is 16.6. The van der Waals surface area contributed by atoms with E-state index in [0.717, 1.165) is 36.4 Å². The Morgan fingerprint density at radius 3 is 1.25 bits per heavy atom. The Hall–Kier alpha value is -7.36. The van der Waals surface area contributed by atoms with Gasteiger partial charge >= 0.3 is 0 Å². The lowest BCUT2D eigenvalue weighted by Gasteiger charge is -2.13. The smallest absolute Gasteiger partial charge is 0.239 e. The minimum absolute atomic E-state index is 0.0556. The third-order valence-corrected chi connectivity index (χ3v) is 8.91. The average molecular weight is 785 g/mol. The first-order valence-corrected chi connectivity index (χ1v) is 17.6. The third-order valence-electron chi connectivity index (χ3n) is 8.91. The molecule has 0 aliphatic heterocycles. The number of fused-ring (bicyclic) bond motifs is 2. The topological polar surface area (TPSA) is 275 Å².